The van der Waals surface area contributed by atoms with Gasteiger partial charge in [-0.3, -0.25) is 14.5 Å². The van der Waals surface area contributed by atoms with Crippen LogP contribution in [0.5, 0.6) is 5.75 Å². The molecule has 1 aliphatic heterocycles. The Labute approximate surface area is 174 Å². The Morgan fingerprint density at radius 2 is 1.97 bits per heavy atom. The molecule has 8 heteroatoms. The van der Waals surface area contributed by atoms with Crippen LogP contribution in [-0.4, -0.2) is 42.9 Å². The second-order valence-electron chi connectivity index (χ2n) is 6.91. The maximum atomic E-state index is 12.9. The monoisotopic (exact) mass is 415 g/mol. The topological polar surface area (TPSA) is 87.7 Å². The minimum Gasteiger partial charge on any atom is -0.497 e. The van der Waals surface area contributed by atoms with Crippen molar-refractivity contribution in [3.8, 4) is 5.75 Å². The van der Waals surface area contributed by atoms with Gasteiger partial charge in [0.1, 0.15) is 17.8 Å². The Morgan fingerprint density at radius 1 is 1.21 bits per heavy atom. The van der Waals surface area contributed by atoms with Gasteiger partial charge in [0.15, 0.2) is 0 Å². The summed E-state index contributed by atoms with van der Waals surface area (Å²) >= 11 is 5.94. The average Bonchev–Trinajstić information content (AvgIpc) is 2.92. The van der Waals surface area contributed by atoms with Crippen LogP contribution in [0.1, 0.15) is 18.1 Å². The van der Waals surface area contributed by atoms with Crippen LogP contribution >= 0.6 is 11.6 Å². The Kier molecular flexibility index (Phi) is 6.08. The number of hydrogen-bond acceptors (Lipinski definition) is 4. The molecular weight excluding hydrogens is 394 g/mol. The third kappa shape index (κ3) is 4.51. The first kappa shape index (κ1) is 20.7. The number of imide groups is 1. The smallest absolute Gasteiger partial charge is 0.325 e. The Bertz CT molecular complexity index is 949. The molecule has 0 aliphatic carbocycles. The van der Waals surface area contributed by atoms with Gasteiger partial charge in [0.25, 0.3) is 5.91 Å². The Morgan fingerprint density at radius 3 is 2.69 bits per heavy atom. The van der Waals surface area contributed by atoms with Crippen molar-refractivity contribution in [2.24, 2.45) is 0 Å². The molecule has 0 saturated carbocycles. The fourth-order valence-electron chi connectivity index (χ4n) is 3.21. The van der Waals surface area contributed by atoms with Gasteiger partial charge < -0.3 is 15.4 Å². The number of carbonyl (C=O) groups excluding carboxylic acids is 3. The number of nitrogens with zero attached hydrogens (tertiary/aromatic N) is 1. The summed E-state index contributed by atoms with van der Waals surface area (Å²) in [4.78, 5) is 38.5. The van der Waals surface area contributed by atoms with Crippen LogP contribution in [-0.2, 0) is 21.5 Å². The van der Waals surface area contributed by atoms with Crippen LogP contribution < -0.4 is 15.4 Å². The Hall–Kier alpha value is -3.06. The molecule has 0 radical (unpaired) electrons. The summed E-state index contributed by atoms with van der Waals surface area (Å²) in [6.45, 7) is 1.63. The van der Waals surface area contributed by atoms with E-state index in [4.69, 9.17) is 16.3 Å². The molecule has 0 bridgehead atoms. The first-order valence-corrected chi connectivity index (χ1v) is 9.51. The second-order valence-corrected chi connectivity index (χ2v) is 7.34. The van der Waals surface area contributed by atoms with E-state index < -0.39 is 23.4 Å². The number of urea groups is 1. The molecule has 2 aromatic carbocycles. The fourth-order valence-corrected chi connectivity index (χ4v) is 3.42. The highest BCUT2D eigenvalue weighted by Crippen LogP contribution is 2.30. The lowest BCUT2D eigenvalue weighted by Gasteiger charge is -2.22. The molecule has 4 amide bonds. The van der Waals surface area contributed by atoms with Gasteiger partial charge in [-0.1, -0.05) is 35.9 Å². The number of hydrogen-bond donors (Lipinski definition) is 2. The van der Waals surface area contributed by atoms with E-state index in [0.29, 0.717) is 29.3 Å². The lowest BCUT2D eigenvalue weighted by Crippen LogP contribution is -2.43. The summed E-state index contributed by atoms with van der Waals surface area (Å²) in [5.74, 6) is -0.325. The predicted octanol–water partition coefficient (Wildman–Crippen LogP) is 2.47. The number of ether oxygens (including phenoxy) is 1. The molecule has 1 aliphatic rings. The number of methoxy groups -OCH3 is 1. The third-order valence-electron chi connectivity index (χ3n) is 4.85. The number of halogens is 1. The van der Waals surface area contributed by atoms with Crippen LogP contribution in [0.4, 0.5) is 4.79 Å². The van der Waals surface area contributed by atoms with Gasteiger partial charge in [0, 0.05) is 11.6 Å². The summed E-state index contributed by atoms with van der Waals surface area (Å²) in [7, 11) is 1.52. The quantitative estimate of drug-likeness (QED) is 0.680. The Balaban J connectivity index is 1.61. The minimum atomic E-state index is -1.26. The van der Waals surface area contributed by atoms with Crippen LogP contribution in [0.2, 0.25) is 5.02 Å². The van der Waals surface area contributed by atoms with Gasteiger partial charge in [-0.15, -0.1) is 0 Å². The van der Waals surface area contributed by atoms with Crippen LogP contribution in [0.25, 0.3) is 0 Å². The van der Waals surface area contributed by atoms with E-state index in [1.54, 1.807) is 37.3 Å². The van der Waals surface area contributed by atoms with Gasteiger partial charge >= 0.3 is 6.03 Å². The van der Waals surface area contributed by atoms with Crippen molar-refractivity contribution in [1.29, 1.82) is 0 Å². The molecule has 1 atom stereocenters. The number of amides is 4. The van der Waals surface area contributed by atoms with E-state index in [2.05, 4.69) is 10.6 Å². The molecule has 152 valence electrons. The summed E-state index contributed by atoms with van der Waals surface area (Å²) in [5, 5.41) is 6.04. The van der Waals surface area contributed by atoms with Crippen molar-refractivity contribution in [3.05, 3.63) is 64.7 Å². The normalized spacial score (nSPS) is 18.5. The molecule has 1 fully saturated rings. The molecule has 0 unspecified atom stereocenters. The molecule has 0 aromatic heterocycles. The molecule has 29 heavy (non-hydrogen) atoms. The first-order chi connectivity index (χ1) is 13.8. The second kappa shape index (κ2) is 8.53. The zero-order chi connectivity index (χ0) is 21.0. The van der Waals surface area contributed by atoms with Gasteiger partial charge in [0.05, 0.1) is 7.11 Å². The SMILES string of the molecule is COc1cccc([C@]2(C)NC(=O)N(CC(=O)NCCc3cccc(Cl)c3)C2=O)c1. The lowest BCUT2D eigenvalue weighted by molar-refractivity contribution is -0.134. The maximum Gasteiger partial charge on any atom is 0.325 e. The van der Waals surface area contributed by atoms with Crippen LogP contribution in [0.15, 0.2) is 48.5 Å². The first-order valence-electron chi connectivity index (χ1n) is 9.13. The number of benzene rings is 2. The van der Waals surface area contributed by atoms with E-state index in [0.717, 1.165) is 10.5 Å². The summed E-state index contributed by atoms with van der Waals surface area (Å²) in [5.41, 5.74) is 0.310. The molecular formula is C21H22ClN3O4. The van der Waals surface area contributed by atoms with E-state index >= 15 is 0 Å². The lowest BCUT2D eigenvalue weighted by atomic mass is 9.92. The summed E-state index contributed by atoms with van der Waals surface area (Å²) < 4.78 is 5.19. The van der Waals surface area contributed by atoms with Gasteiger partial charge in [-0.05, 0) is 48.7 Å². The molecule has 2 aromatic rings. The number of nitrogens with one attached hydrogen (secondary N) is 2. The number of carbonyl (C=O) groups is 3. The van der Waals surface area contributed by atoms with Crippen molar-refractivity contribution in [3.63, 3.8) is 0 Å². The highest BCUT2D eigenvalue weighted by molar-refractivity contribution is 6.30. The van der Waals surface area contributed by atoms with Gasteiger partial charge in [-0.2, -0.15) is 0 Å². The number of rotatable bonds is 7. The van der Waals surface area contributed by atoms with E-state index in [-0.39, 0.29) is 6.54 Å². The van der Waals surface area contributed by atoms with Gasteiger partial charge in [-0.25, -0.2) is 4.79 Å². The van der Waals surface area contributed by atoms with E-state index in [1.165, 1.54) is 7.11 Å². The van der Waals surface area contributed by atoms with Crippen molar-refractivity contribution < 1.29 is 19.1 Å². The molecule has 7 nitrogen and oxygen atoms in total. The largest absolute Gasteiger partial charge is 0.497 e. The molecule has 0 spiro atoms. The van der Waals surface area contributed by atoms with E-state index in [1.807, 2.05) is 18.2 Å². The van der Waals surface area contributed by atoms with Crippen molar-refractivity contribution in [1.82, 2.24) is 15.5 Å². The molecule has 1 saturated heterocycles. The molecule has 2 N–H and O–H groups in total. The van der Waals surface area contributed by atoms with Crippen LogP contribution in [0.3, 0.4) is 0 Å². The maximum absolute atomic E-state index is 12.9. The molecule has 1 heterocycles. The van der Waals surface area contributed by atoms with Crippen molar-refractivity contribution in [2.45, 2.75) is 18.9 Å². The average molecular weight is 416 g/mol. The molecule has 3 rings (SSSR count). The van der Waals surface area contributed by atoms with Crippen LogP contribution in [0, 0.1) is 0 Å². The van der Waals surface area contributed by atoms with Crippen molar-refractivity contribution >= 4 is 29.4 Å². The van der Waals surface area contributed by atoms with Crippen molar-refractivity contribution in [2.75, 3.05) is 20.2 Å². The summed E-state index contributed by atoms with van der Waals surface area (Å²) in [6.07, 6.45) is 0.591. The third-order valence-corrected chi connectivity index (χ3v) is 5.08. The minimum absolute atomic E-state index is 0.347. The van der Waals surface area contributed by atoms with E-state index in [9.17, 15) is 14.4 Å². The zero-order valence-electron chi connectivity index (χ0n) is 16.2. The highest BCUT2D eigenvalue weighted by Gasteiger charge is 2.49. The standard InChI is InChI=1S/C21H22ClN3O4/c1-21(15-6-4-8-17(12-15)29-2)19(27)25(20(28)24-21)13-18(26)23-10-9-14-5-3-7-16(22)11-14/h3-8,11-12H,9-10,13H2,1-2H3,(H,23,26)(H,24,28)/t21-/m0/s1. The highest BCUT2D eigenvalue weighted by atomic mass is 35.5. The fraction of sp³-hybridized carbons (Fsp3) is 0.286. The predicted molar refractivity (Wildman–Crippen MR) is 109 cm³/mol. The summed E-state index contributed by atoms with van der Waals surface area (Å²) in [6, 6.07) is 13.7. The van der Waals surface area contributed by atoms with Gasteiger partial charge in [0.2, 0.25) is 5.91 Å². The zero-order valence-corrected chi connectivity index (χ0v) is 17.0.